The number of ether oxygens (including phenoxy) is 1. The molecule has 0 radical (unpaired) electrons. The second-order valence-electron chi connectivity index (χ2n) is 9.05. The molecule has 1 aromatic carbocycles. The topological polar surface area (TPSA) is 9.23 Å². The van der Waals surface area contributed by atoms with E-state index in [1.165, 1.54) is 34.0 Å². The molecule has 0 fully saturated rings. The second-order valence-corrected chi connectivity index (χ2v) is 13.9. The van der Waals surface area contributed by atoms with E-state index in [1.54, 1.807) is 11.1 Å². The van der Waals surface area contributed by atoms with E-state index in [1.807, 2.05) is 7.11 Å². The molecule has 1 aliphatic carbocycles. The van der Waals surface area contributed by atoms with Gasteiger partial charge in [0.2, 0.25) is 0 Å². The van der Waals surface area contributed by atoms with Crippen molar-refractivity contribution in [1.29, 1.82) is 0 Å². The highest BCUT2D eigenvalue weighted by atomic mass is 28.3. The van der Waals surface area contributed by atoms with Crippen LogP contribution >= 0.6 is 0 Å². The highest BCUT2D eigenvalue weighted by molar-refractivity contribution is 6.94. The number of hydrogen-bond acceptors (Lipinski definition) is 1. The Morgan fingerprint density at radius 3 is 1.81 bits per heavy atom. The molecule has 0 saturated carbocycles. The van der Waals surface area contributed by atoms with Crippen molar-refractivity contribution >= 4 is 13.3 Å². The molecule has 2 heteroatoms. The SMILES string of the molecule is CC[Si](CC)(c1cccc(C(C)(C)C)c1OC)C1C(C)=C(C)C(C)=C1C. The van der Waals surface area contributed by atoms with Crippen molar-refractivity contribution in [2.45, 2.75) is 85.4 Å². The Kier molecular flexibility index (Phi) is 5.97. The molecule has 26 heavy (non-hydrogen) atoms. The maximum Gasteiger partial charge on any atom is 0.121 e. The molecule has 0 spiro atoms. The summed E-state index contributed by atoms with van der Waals surface area (Å²) in [6.45, 7) is 21.0. The minimum Gasteiger partial charge on any atom is -0.497 e. The molecule has 1 aromatic rings. The Hall–Kier alpha value is -1.28. The summed E-state index contributed by atoms with van der Waals surface area (Å²) in [5.74, 6) is 1.15. The lowest BCUT2D eigenvalue weighted by Crippen LogP contribution is -2.52. The standard InChI is InChI=1S/C24H38OSi/c1-11-26(12-2,23-18(5)16(3)17(4)19(23)6)21-15-13-14-20(22(21)25-10)24(7,8)9/h13-15,23H,11-12H2,1-10H3. The van der Waals surface area contributed by atoms with Crippen LogP contribution in [0.4, 0.5) is 0 Å². The zero-order chi connectivity index (χ0) is 19.9. The molecular weight excluding hydrogens is 332 g/mol. The van der Waals surface area contributed by atoms with E-state index < -0.39 is 8.07 Å². The van der Waals surface area contributed by atoms with Crippen molar-refractivity contribution in [2.75, 3.05) is 7.11 Å². The number of para-hydroxylation sites is 1. The van der Waals surface area contributed by atoms with Gasteiger partial charge in [0.15, 0.2) is 0 Å². The van der Waals surface area contributed by atoms with Gasteiger partial charge >= 0.3 is 0 Å². The van der Waals surface area contributed by atoms with Gasteiger partial charge in [-0.2, -0.15) is 0 Å². The first kappa shape index (κ1) is 21.0. The van der Waals surface area contributed by atoms with Crippen molar-refractivity contribution in [2.24, 2.45) is 0 Å². The fraction of sp³-hybridized carbons (Fsp3) is 0.583. The summed E-state index contributed by atoms with van der Waals surface area (Å²) in [6.07, 6.45) is 0. The molecule has 0 N–H and O–H groups in total. The van der Waals surface area contributed by atoms with Gasteiger partial charge in [0, 0.05) is 5.54 Å². The molecule has 0 atom stereocenters. The van der Waals surface area contributed by atoms with E-state index in [9.17, 15) is 0 Å². The summed E-state index contributed by atoms with van der Waals surface area (Å²) >= 11 is 0. The molecule has 0 aliphatic heterocycles. The smallest absolute Gasteiger partial charge is 0.121 e. The Morgan fingerprint density at radius 1 is 0.923 bits per heavy atom. The fourth-order valence-corrected chi connectivity index (χ4v) is 10.7. The van der Waals surface area contributed by atoms with E-state index in [-0.39, 0.29) is 5.41 Å². The van der Waals surface area contributed by atoms with Gasteiger partial charge in [-0.05, 0) is 55.0 Å². The normalized spacial score (nSPS) is 16.7. The fourth-order valence-electron chi connectivity index (χ4n) is 5.11. The molecule has 2 rings (SSSR count). The average Bonchev–Trinajstić information content (AvgIpc) is 2.80. The number of rotatable bonds is 5. The van der Waals surface area contributed by atoms with Crippen LogP contribution in [0.1, 0.15) is 67.9 Å². The molecular formula is C24H38OSi. The molecule has 0 unspecified atom stereocenters. The highest BCUT2D eigenvalue weighted by Gasteiger charge is 2.46. The van der Waals surface area contributed by atoms with Crippen molar-refractivity contribution in [1.82, 2.24) is 0 Å². The average molecular weight is 371 g/mol. The van der Waals surface area contributed by atoms with Crippen molar-refractivity contribution in [3.05, 3.63) is 46.1 Å². The van der Waals surface area contributed by atoms with E-state index in [4.69, 9.17) is 4.74 Å². The maximum atomic E-state index is 6.10. The van der Waals surface area contributed by atoms with Crippen molar-refractivity contribution < 1.29 is 4.74 Å². The molecule has 0 heterocycles. The van der Waals surface area contributed by atoms with Crippen LogP contribution in [-0.4, -0.2) is 15.2 Å². The van der Waals surface area contributed by atoms with Gasteiger partial charge in [-0.1, -0.05) is 76.1 Å². The van der Waals surface area contributed by atoms with E-state index in [0.717, 1.165) is 5.75 Å². The van der Waals surface area contributed by atoms with Crippen LogP contribution in [0.25, 0.3) is 0 Å². The van der Waals surface area contributed by atoms with E-state index >= 15 is 0 Å². The van der Waals surface area contributed by atoms with Gasteiger partial charge in [-0.15, -0.1) is 0 Å². The molecule has 0 bridgehead atoms. The Balaban J connectivity index is 2.81. The van der Waals surface area contributed by atoms with Crippen LogP contribution in [-0.2, 0) is 5.41 Å². The quantitative estimate of drug-likeness (QED) is 0.521. The van der Waals surface area contributed by atoms with Crippen LogP contribution in [0, 0.1) is 0 Å². The molecule has 1 nitrogen and oxygen atoms in total. The zero-order valence-electron chi connectivity index (χ0n) is 18.6. The summed E-state index contributed by atoms with van der Waals surface area (Å²) < 4.78 is 6.10. The third-order valence-electron chi connectivity index (χ3n) is 6.99. The van der Waals surface area contributed by atoms with E-state index in [2.05, 4.69) is 80.5 Å². The molecule has 1 aliphatic rings. The maximum absolute atomic E-state index is 6.10. The van der Waals surface area contributed by atoms with Crippen LogP contribution in [0.15, 0.2) is 40.5 Å². The highest BCUT2D eigenvalue weighted by Crippen LogP contribution is 2.50. The largest absolute Gasteiger partial charge is 0.497 e. The molecule has 0 aromatic heterocycles. The number of allylic oxidation sites excluding steroid dienone is 4. The molecule has 0 saturated heterocycles. The van der Waals surface area contributed by atoms with Gasteiger partial charge in [-0.3, -0.25) is 0 Å². The number of benzene rings is 1. The van der Waals surface area contributed by atoms with Gasteiger partial charge in [0.05, 0.1) is 7.11 Å². The van der Waals surface area contributed by atoms with Crippen LogP contribution < -0.4 is 9.92 Å². The van der Waals surface area contributed by atoms with E-state index in [0.29, 0.717) is 5.54 Å². The predicted octanol–water partition coefficient (Wildman–Crippen LogP) is 6.74. The van der Waals surface area contributed by atoms with Gasteiger partial charge in [0.25, 0.3) is 0 Å². The Labute approximate surface area is 162 Å². The van der Waals surface area contributed by atoms with Crippen LogP contribution in [0.3, 0.4) is 0 Å². The number of methoxy groups -OCH3 is 1. The zero-order valence-corrected chi connectivity index (χ0v) is 19.6. The van der Waals surface area contributed by atoms with Crippen LogP contribution in [0.5, 0.6) is 5.75 Å². The molecule has 0 amide bonds. The summed E-state index contributed by atoms with van der Waals surface area (Å²) in [5, 5.41) is 1.52. The summed E-state index contributed by atoms with van der Waals surface area (Å²) in [5.41, 5.74) is 8.24. The summed E-state index contributed by atoms with van der Waals surface area (Å²) in [6, 6.07) is 9.37. The third-order valence-corrected chi connectivity index (χ3v) is 13.0. The summed E-state index contributed by atoms with van der Waals surface area (Å²) in [4.78, 5) is 0. The first-order valence-corrected chi connectivity index (χ1v) is 12.6. The van der Waals surface area contributed by atoms with Gasteiger partial charge in [0.1, 0.15) is 13.8 Å². The minimum atomic E-state index is -1.81. The lowest BCUT2D eigenvalue weighted by Gasteiger charge is -2.40. The van der Waals surface area contributed by atoms with Crippen molar-refractivity contribution in [3.63, 3.8) is 0 Å². The summed E-state index contributed by atoms with van der Waals surface area (Å²) in [7, 11) is 0.0435. The first-order valence-electron chi connectivity index (χ1n) is 10.1. The third kappa shape index (κ3) is 3.11. The van der Waals surface area contributed by atoms with Crippen molar-refractivity contribution in [3.8, 4) is 5.75 Å². The second kappa shape index (κ2) is 7.38. The lowest BCUT2D eigenvalue weighted by atomic mass is 9.86. The predicted molar refractivity (Wildman–Crippen MR) is 119 cm³/mol. The Morgan fingerprint density at radius 2 is 1.42 bits per heavy atom. The van der Waals surface area contributed by atoms with Crippen LogP contribution in [0.2, 0.25) is 17.6 Å². The van der Waals surface area contributed by atoms with Gasteiger partial charge < -0.3 is 4.74 Å². The minimum absolute atomic E-state index is 0.0836. The Bertz CT molecular complexity index is 718. The number of hydrogen-bond donors (Lipinski definition) is 0. The lowest BCUT2D eigenvalue weighted by molar-refractivity contribution is 0.400. The first-order chi connectivity index (χ1) is 12.1. The molecule has 144 valence electrons. The van der Waals surface area contributed by atoms with Gasteiger partial charge in [-0.25, -0.2) is 0 Å². The monoisotopic (exact) mass is 370 g/mol.